The smallest absolute Gasteiger partial charge is 0.191 e. The molecule has 0 saturated carbocycles. The zero-order chi connectivity index (χ0) is 19.5. The minimum absolute atomic E-state index is 0.293. The molecule has 0 amide bonds. The molecule has 8 heteroatoms. The van der Waals surface area contributed by atoms with Crippen LogP contribution in [0.3, 0.4) is 0 Å². The summed E-state index contributed by atoms with van der Waals surface area (Å²) in [5, 5.41) is 12.2. The molecule has 28 heavy (non-hydrogen) atoms. The van der Waals surface area contributed by atoms with Crippen LogP contribution >= 0.6 is 23.1 Å². The highest BCUT2D eigenvalue weighted by Crippen LogP contribution is 2.30. The minimum atomic E-state index is -0.293. The molecule has 0 N–H and O–H groups in total. The number of hydrogen-bond donors (Lipinski definition) is 0. The Morgan fingerprint density at radius 1 is 1.18 bits per heavy atom. The van der Waals surface area contributed by atoms with Gasteiger partial charge in [0.2, 0.25) is 0 Å². The highest BCUT2D eigenvalue weighted by Gasteiger charge is 2.18. The molecule has 0 bridgehead atoms. The van der Waals surface area contributed by atoms with Gasteiger partial charge in [-0.1, -0.05) is 37.7 Å². The van der Waals surface area contributed by atoms with Gasteiger partial charge in [-0.2, -0.15) is 0 Å². The Hall–Kier alpha value is -2.45. The lowest BCUT2D eigenvalue weighted by Gasteiger charge is -2.12. The van der Waals surface area contributed by atoms with Crippen molar-refractivity contribution in [2.45, 2.75) is 31.3 Å². The number of hydrogen-bond acceptors (Lipinski definition) is 6. The minimum Gasteiger partial charge on any atom is -0.462 e. The number of furan rings is 1. The van der Waals surface area contributed by atoms with Crippen molar-refractivity contribution in [2.75, 3.05) is 0 Å². The molecule has 0 aliphatic carbocycles. The fourth-order valence-corrected chi connectivity index (χ4v) is 4.52. The monoisotopic (exact) mass is 414 g/mol. The van der Waals surface area contributed by atoms with Crippen LogP contribution in [0.5, 0.6) is 0 Å². The van der Waals surface area contributed by atoms with E-state index in [4.69, 9.17) is 4.42 Å². The summed E-state index contributed by atoms with van der Waals surface area (Å²) < 4.78 is 21.7. The van der Waals surface area contributed by atoms with Crippen LogP contribution in [-0.4, -0.2) is 19.7 Å². The second-order valence-electron chi connectivity index (χ2n) is 6.70. The Kier molecular flexibility index (Phi) is 5.59. The second-order valence-corrected chi connectivity index (χ2v) is 8.50. The summed E-state index contributed by atoms with van der Waals surface area (Å²) in [5.74, 6) is 2.07. The van der Waals surface area contributed by atoms with Crippen LogP contribution in [0.15, 0.2) is 57.6 Å². The summed E-state index contributed by atoms with van der Waals surface area (Å²) in [4.78, 5) is 4.62. The van der Waals surface area contributed by atoms with E-state index in [1.807, 2.05) is 28.1 Å². The Bertz CT molecular complexity index is 1060. The number of benzene rings is 1. The van der Waals surface area contributed by atoms with Gasteiger partial charge >= 0.3 is 0 Å². The van der Waals surface area contributed by atoms with Crippen molar-refractivity contribution in [3.05, 3.63) is 59.6 Å². The van der Waals surface area contributed by atoms with Gasteiger partial charge < -0.3 is 8.98 Å². The fourth-order valence-electron chi connectivity index (χ4n) is 2.79. The SMILES string of the molecule is CC(C)Cn1c(SCc2csc(-c3ccco3)n2)nnc1-c1ccccc1F. The van der Waals surface area contributed by atoms with Crippen LogP contribution in [0.2, 0.25) is 0 Å². The van der Waals surface area contributed by atoms with E-state index >= 15 is 0 Å². The van der Waals surface area contributed by atoms with Gasteiger partial charge in [0.05, 0.1) is 17.5 Å². The summed E-state index contributed by atoms with van der Waals surface area (Å²) in [6.07, 6.45) is 1.64. The second kappa shape index (κ2) is 8.28. The summed E-state index contributed by atoms with van der Waals surface area (Å²) in [7, 11) is 0. The van der Waals surface area contributed by atoms with Gasteiger partial charge in [-0.25, -0.2) is 9.37 Å². The van der Waals surface area contributed by atoms with E-state index < -0.39 is 0 Å². The summed E-state index contributed by atoms with van der Waals surface area (Å²) in [6, 6.07) is 10.4. The lowest BCUT2D eigenvalue weighted by Crippen LogP contribution is -2.08. The van der Waals surface area contributed by atoms with Crippen molar-refractivity contribution in [1.29, 1.82) is 0 Å². The standard InChI is InChI=1S/C20H19FN4OS2/c1-13(2)10-25-18(15-6-3-4-7-16(15)21)23-24-20(25)28-12-14-11-27-19(22-14)17-8-5-9-26-17/h3-9,11,13H,10,12H2,1-2H3. The Labute approximate surface area is 170 Å². The predicted octanol–water partition coefficient (Wildman–Crippen LogP) is 5.75. The van der Waals surface area contributed by atoms with E-state index in [-0.39, 0.29) is 5.82 Å². The fraction of sp³-hybridized carbons (Fsp3) is 0.250. The summed E-state index contributed by atoms with van der Waals surface area (Å²) in [5.41, 5.74) is 1.42. The van der Waals surface area contributed by atoms with Gasteiger partial charge in [0, 0.05) is 17.7 Å². The van der Waals surface area contributed by atoms with Crippen molar-refractivity contribution < 1.29 is 8.81 Å². The number of rotatable bonds is 7. The number of thiazole rings is 1. The van der Waals surface area contributed by atoms with Crippen LogP contribution in [0.4, 0.5) is 4.39 Å². The molecule has 4 aromatic rings. The van der Waals surface area contributed by atoms with Gasteiger partial charge in [0.15, 0.2) is 21.7 Å². The lowest BCUT2D eigenvalue weighted by atomic mass is 10.2. The van der Waals surface area contributed by atoms with Gasteiger partial charge in [-0.15, -0.1) is 21.5 Å². The van der Waals surface area contributed by atoms with Crippen molar-refractivity contribution in [3.63, 3.8) is 0 Å². The highest BCUT2D eigenvalue weighted by atomic mass is 32.2. The molecule has 0 atom stereocenters. The topological polar surface area (TPSA) is 56.7 Å². The zero-order valence-corrected chi connectivity index (χ0v) is 17.1. The lowest BCUT2D eigenvalue weighted by molar-refractivity contribution is 0.496. The third kappa shape index (κ3) is 4.02. The van der Waals surface area contributed by atoms with Crippen LogP contribution in [0.25, 0.3) is 22.2 Å². The average molecular weight is 415 g/mol. The van der Waals surface area contributed by atoms with Crippen LogP contribution in [0, 0.1) is 11.7 Å². The number of halogens is 1. The quantitative estimate of drug-likeness (QED) is 0.361. The van der Waals surface area contributed by atoms with Crippen molar-refractivity contribution in [1.82, 2.24) is 19.7 Å². The first-order valence-electron chi connectivity index (χ1n) is 8.91. The maximum Gasteiger partial charge on any atom is 0.191 e. The molecular formula is C20H19FN4OS2. The van der Waals surface area contributed by atoms with Gasteiger partial charge in [0.1, 0.15) is 5.82 Å². The largest absolute Gasteiger partial charge is 0.462 e. The normalized spacial score (nSPS) is 11.4. The maximum atomic E-state index is 14.3. The Morgan fingerprint density at radius 2 is 2.04 bits per heavy atom. The van der Waals surface area contributed by atoms with E-state index in [0.717, 1.165) is 21.6 Å². The molecule has 4 rings (SSSR count). The van der Waals surface area contributed by atoms with E-state index in [0.29, 0.717) is 29.6 Å². The maximum absolute atomic E-state index is 14.3. The molecule has 144 valence electrons. The molecule has 0 fully saturated rings. The zero-order valence-electron chi connectivity index (χ0n) is 15.5. The molecule has 0 saturated heterocycles. The molecule has 0 radical (unpaired) electrons. The van der Waals surface area contributed by atoms with Gasteiger partial charge in [0.25, 0.3) is 0 Å². The number of aromatic nitrogens is 4. The molecule has 0 aliphatic rings. The Balaban J connectivity index is 1.57. The highest BCUT2D eigenvalue weighted by molar-refractivity contribution is 7.98. The summed E-state index contributed by atoms with van der Waals surface area (Å²) in [6.45, 7) is 4.96. The third-order valence-corrected chi connectivity index (χ3v) is 5.92. The molecule has 0 aliphatic heterocycles. The molecule has 0 unspecified atom stereocenters. The Morgan fingerprint density at radius 3 is 2.79 bits per heavy atom. The third-order valence-electron chi connectivity index (χ3n) is 4.01. The molecular weight excluding hydrogens is 395 g/mol. The van der Waals surface area contributed by atoms with Crippen molar-refractivity contribution >= 4 is 23.1 Å². The average Bonchev–Trinajstić information content (AvgIpc) is 3.41. The molecule has 5 nitrogen and oxygen atoms in total. The van der Waals surface area contributed by atoms with E-state index in [1.54, 1.807) is 41.5 Å². The van der Waals surface area contributed by atoms with Crippen LogP contribution < -0.4 is 0 Å². The van der Waals surface area contributed by atoms with E-state index in [2.05, 4.69) is 29.0 Å². The molecule has 3 aromatic heterocycles. The first-order chi connectivity index (χ1) is 13.6. The van der Waals surface area contributed by atoms with Crippen LogP contribution in [-0.2, 0) is 12.3 Å². The molecule has 3 heterocycles. The first kappa shape index (κ1) is 18.9. The molecule has 1 aromatic carbocycles. The number of thioether (sulfide) groups is 1. The number of nitrogens with zero attached hydrogens (tertiary/aromatic N) is 4. The van der Waals surface area contributed by atoms with E-state index in [1.165, 1.54) is 6.07 Å². The van der Waals surface area contributed by atoms with Crippen LogP contribution in [0.1, 0.15) is 19.5 Å². The van der Waals surface area contributed by atoms with Gasteiger partial charge in [-0.05, 0) is 30.2 Å². The molecule has 0 spiro atoms. The first-order valence-corrected chi connectivity index (χ1v) is 10.8. The van der Waals surface area contributed by atoms with E-state index in [9.17, 15) is 4.39 Å². The van der Waals surface area contributed by atoms with Crippen molar-refractivity contribution in [3.8, 4) is 22.2 Å². The van der Waals surface area contributed by atoms with Gasteiger partial charge in [-0.3, -0.25) is 0 Å². The predicted molar refractivity (Wildman–Crippen MR) is 110 cm³/mol. The summed E-state index contributed by atoms with van der Waals surface area (Å²) >= 11 is 3.11. The van der Waals surface area contributed by atoms with Crippen molar-refractivity contribution in [2.24, 2.45) is 5.92 Å².